The van der Waals surface area contributed by atoms with Gasteiger partial charge in [0.25, 0.3) is 0 Å². The van der Waals surface area contributed by atoms with E-state index in [9.17, 15) is 13.5 Å². The highest BCUT2D eigenvalue weighted by atomic mass is 32.2. The summed E-state index contributed by atoms with van der Waals surface area (Å²) in [4.78, 5) is 8.62. The van der Waals surface area contributed by atoms with Crippen LogP contribution in [-0.4, -0.2) is 31.7 Å². The molecule has 0 fully saturated rings. The summed E-state index contributed by atoms with van der Waals surface area (Å²) in [7, 11) is -4.16. The van der Waals surface area contributed by atoms with Crippen LogP contribution in [0.25, 0.3) is 10.9 Å². The van der Waals surface area contributed by atoms with Crippen LogP contribution in [0.2, 0.25) is 0 Å². The number of aliphatic hydroxyl groups is 1. The Hall–Kier alpha value is -2.72. The number of nitrogens with two attached hydrogens (primary N) is 1. The van der Waals surface area contributed by atoms with Crippen LogP contribution in [0, 0.1) is 0 Å². The standard InChI is InChI=1S/C19H20N2O6S/c20-26-9-3-8-25-16-10-14(13-22)11-17(12-16)27-28(23,24)19-7-6-15-4-1-2-5-18(15)21-19/h1-2,4-7,10-12,22H,3,8-9,13,20H2. The first-order chi connectivity index (χ1) is 13.5. The van der Waals surface area contributed by atoms with Crippen LogP contribution in [0.3, 0.4) is 0 Å². The fourth-order valence-corrected chi connectivity index (χ4v) is 3.42. The van der Waals surface area contributed by atoms with Crippen molar-refractivity contribution in [3.63, 3.8) is 0 Å². The molecule has 0 saturated heterocycles. The van der Waals surface area contributed by atoms with Crippen molar-refractivity contribution in [2.45, 2.75) is 18.1 Å². The predicted molar refractivity (Wildman–Crippen MR) is 102 cm³/mol. The van der Waals surface area contributed by atoms with Gasteiger partial charge in [-0.2, -0.15) is 8.42 Å². The third kappa shape index (κ3) is 4.96. The number of nitrogens with zero attached hydrogens (tertiary/aromatic N) is 1. The van der Waals surface area contributed by atoms with Crippen molar-refractivity contribution in [3.8, 4) is 11.5 Å². The Morgan fingerprint density at radius 3 is 2.57 bits per heavy atom. The summed E-state index contributed by atoms with van der Waals surface area (Å²) in [5.41, 5.74) is 0.992. The van der Waals surface area contributed by atoms with Crippen molar-refractivity contribution in [1.29, 1.82) is 0 Å². The first-order valence-corrected chi connectivity index (χ1v) is 9.92. The minimum atomic E-state index is -4.16. The zero-order chi connectivity index (χ0) is 20.0. The highest BCUT2D eigenvalue weighted by Crippen LogP contribution is 2.26. The molecule has 0 amide bonds. The molecule has 0 atom stereocenters. The van der Waals surface area contributed by atoms with E-state index in [-0.39, 0.29) is 17.4 Å². The Kier molecular flexibility index (Phi) is 6.42. The molecule has 0 aliphatic heterocycles. The van der Waals surface area contributed by atoms with E-state index < -0.39 is 10.1 Å². The third-order valence-corrected chi connectivity index (χ3v) is 4.98. The monoisotopic (exact) mass is 404 g/mol. The molecule has 28 heavy (non-hydrogen) atoms. The van der Waals surface area contributed by atoms with E-state index in [1.807, 2.05) is 12.1 Å². The molecule has 9 heteroatoms. The fourth-order valence-electron chi connectivity index (χ4n) is 2.54. The van der Waals surface area contributed by atoms with Gasteiger partial charge in [-0.3, -0.25) is 0 Å². The fraction of sp³-hybridized carbons (Fsp3) is 0.211. The number of aromatic nitrogens is 1. The average Bonchev–Trinajstić information content (AvgIpc) is 2.70. The molecule has 0 unspecified atom stereocenters. The topological polar surface area (TPSA) is 121 Å². The highest BCUT2D eigenvalue weighted by Gasteiger charge is 2.20. The minimum Gasteiger partial charge on any atom is -0.493 e. The van der Waals surface area contributed by atoms with Crippen LogP contribution in [0.1, 0.15) is 12.0 Å². The van der Waals surface area contributed by atoms with E-state index in [2.05, 4.69) is 9.82 Å². The Morgan fingerprint density at radius 2 is 1.79 bits per heavy atom. The molecule has 3 aromatic rings. The maximum Gasteiger partial charge on any atom is 0.356 e. The van der Waals surface area contributed by atoms with Gasteiger partial charge in [0.2, 0.25) is 0 Å². The lowest BCUT2D eigenvalue weighted by Gasteiger charge is -2.11. The molecule has 0 radical (unpaired) electrons. The van der Waals surface area contributed by atoms with Crippen LogP contribution < -0.4 is 14.8 Å². The number of ether oxygens (including phenoxy) is 1. The first-order valence-electron chi connectivity index (χ1n) is 8.51. The summed E-state index contributed by atoms with van der Waals surface area (Å²) in [6.07, 6.45) is 0.551. The number of hydrogen-bond acceptors (Lipinski definition) is 8. The van der Waals surface area contributed by atoms with Gasteiger partial charge in [0.1, 0.15) is 11.5 Å². The molecule has 8 nitrogen and oxygen atoms in total. The van der Waals surface area contributed by atoms with Gasteiger partial charge >= 0.3 is 10.1 Å². The molecule has 0 bridgehead atoms. The largest absolute Gasteiger partial charge is 0.493 e. The van der Waals surface area contributed by atoms with Crippen molar-refractivity contribution >= 4 is 21.0 Å². The van der Waals surface area contributed by atoms with Gasteiger partial charge in [-0.1, -0.05) is 18.2 Å². The lowest BCUT2D eigenvalue weighted by molar-refractivity contribution is 0.122. The van der Waals surface area contributed by atoms with Crippen LogP contribution in [0.4, 0.5) is 0 Å². The molecule has 3 rings (SSSR count). The third-order valence-electron chi connectivity index (χ3n) is 3.83. The summed E-state index contributed by atoms with van der Waals surface area (Å²) in [5.74, 6) is 5.34. The summed E-state index contributed by atoms with van der Waals surface area (Å²) in [6.45, 7) is 0.337. The van der Waals surface area contributed by atoms with E-state index in [0.29, 0.717) is 36.5 Å². The number of hydrogen-bond donors (Lipinski definition) is 2. The zero-order valence-electron chi connectivity index (χ0n) is 14.9. The Morgan fingerprint density at radius 1 is 1.00 bits per heavy atom. The second-order valence-corrected chi connectivity index (χ2v) is 7.42. The van der Waals surface area contributed by atoms with Gasteiger partial charge in [-0.15, -0.1) is 0 Å². The molecule has 0 aliphatic carbocycles. The first kappa shape index (κ1) is 20.0. The van der Waals surface area contributed by atoms with E-state index in [1.165, 1.54) is 18.2 Å². The second kappa shape index (κ2) is 8.98. The van der Waals surface area contributed by atoms with Crippen LogP contribution in [-0.2, 0) is 21.6 Å². The molecular weight excluding hydrogens is 384 g/mol. The number of fused-ring (bicyclic) bond motifs is 1. The van der Waals surface area contributed by atoms with Gasteiger partial charge in [-0.25, -0.2) is 10.9 Å². The van der Waals surface area contributed by atoms with Gasteiger partial charge in [-0.05, 0) is 35.9 Å². The van der Waals surface area contributed by atoms with E-state index in [4.69, 9.17) is 14.8 Å². The second-order valence-electron chi connectivity index (χ2n) is 5.92. The van der Waals surface area contributed by atoms with E-state index in [0.717, 1.165) is 5.39 Å². The van der Waals surface area contributed by atoms with Gasteiger partial charge in [0.05, 0.1) is 25.3 Å². The Labute approximate surface area is 162 Å². The highest BCUT2D eigenvalue weighted by molar-refractivity contribution is 7.87. The Balaban J connectivity index is 1.83. The summed E-state index contributed by atoms with van der Waals surface area (Å²) in [5, 5.41) is 10.0. The average molecular weight is 404 g/mol. The molecular formula is C19H20N2O6S. The molecule has 1 heterocycles. The lowest BCUT2D eigenvalue weighted by Crippen LogP contribution is -2.12. The van der Waals surface area contributed by atoms with E-state index >= 15 is 0 Å². The molecule has 0 spiro atoms. The van der Waals surface area contributed by atoms with E-state index in [1.54, 1.807) is 24.3 Å². The van der Waals surface area contributed by atoms with Crippen LogP contribution >= 0.6 is 0 Å². The molecule has 0 aliphatic rings. The quantitative estimate of drug-likeness (QED) is 0.316. The number of aliphatic hydroxyl groups excluding tert-OH is 1. The number of benzene rings is 2. The molecule has 0 saturated carbocycles. The zero-order valence-corrected chi connectivity index (χ0v) is 15.8. The summed E-state index contributed by atoms with van der Waals surface area (Å²) < 4.78 is 36.0. The predicted octanol–water partition coefficient (Wildman–Crippen LogP) is 2.15. The van der Waals surface area contributed by atoms with Crippen molar-refractivity contribution < 1.29 is 27.3 Å². The van der Waals surface area contributed by atoms with Crippen molar-refractivity contribution in [2.75, 3.05) is 13.2 Å². The molecule has 3 N–H and O–H groups in total. The van der Waals surface area contributed by atoms with Gasteiger partial charge < -0.3 is 18.9 Å². The normalized spacial score (nSPS) is 11.5. The summed E-state index contributed by atoms with van der Waals surface area (Å²) >= 11 is 0. The van der Waals surface area contributed by atoms with Crippen molar-refractivity contribution in [1.82, 2.24) is 4.98 Å². The van der Waals surface area contributed by atoms with Gasteiger partial charge in [0, 0.05) is 17.9 Å². The molecule has 1 aromatic heterocycles. The Bertz CT molecular complexity index is 1060. The maximum atomic E-state index is 12.6. The lowest BCUT2D eigenvalue weighted by atomic mass is 10.2. The van der Waals surface area contributed by atoms with Crippen molar-refractivity contribution in [3.05, 3.63) is 60.2 Å². The molecule has 2 aromatic carbocycles. The molecule has 148 valence electrons. The minimum absolute atomic E-state index is 0.0200. The summed E-state index contributed by atoms with van der Waals surface area (Å²) in [6, 6.07) is 14.7. The van der Waals surface area contributed by atoms with Crippen LogP contribution in [0.5, 0.6) is 11.5 Å². The SMILES string of the molecule is NOCCCOc1cc(CO)cc(OS(=O)(=O)c2ccc3ccccc3n2)c1. The smallest absolute Gasteiger partial charge is 0.356 e. The van der Waals surface area contributed by atoms with Crippen LogP contribution in [0.15, 0.2) is 59.6 Å². The number of para-hydroxylation sites is 1. The number of rotatable bonds is 9. The maximum absolute atomic E-state index is 12.6. The van der Waals surface area contributed by atoms with Gasteiger partial charge in [0.15, 0.2) is 5.03 Å². The number of pyridine rings is 1. The van der Waals surface area contributed by atoms with Crippen molar-refractivity contribution in [2.24, 2.45) is 5.90 Å².